The minimum Gasteiger partial charge on any atom is -0.370 e. The van der Waals surface area contributed by atoms with Crippen molar-refractivity contribution in [3.8, 4) is 6.07 Å². The number of nitrogens with zero attached hydrogens (tertiary/aromatic N) is 5. The molecule has 6 nitrogen and oxygen atoms in total. The largest absolute Gasteiger partial charge is 0.370 e. The van der Waals surface area contributed by atoms with Gasteiger partial charge in [0.15, 0.2) is 0 Å². The van der Waals surface area contributed by atoms with Gasteiger partial charge in [-0.2, -0.15) is 5.26 Å². The zero-order valence-electron chi connectivity index (χ0n) is 20.7. The molecular formula is C28H32FN5O. The molecule has 2 fully saturated rings. The second kappa shape index (κ2) is 9.33. The number of benzene rings is 1. The Morgan fingerprint density at radius 2 is 1.80 bits per heavy atom. The Hall–Kier alpha value is -3.40. The predicted octanol–water partition coefficient (Wildman–Crippen LogP) is 4.92. The van der Waals surface area contributed by atoms with Crippen molar-refractivity contribution in [3.63, 3.8) is 0 Å². The SMILES string of the molecule is Cc1cc(F)cc(N(CC2CC2)C2CCC(N(C)c3cc(=O)n(C)c4ccc(C#N)nc34)CC2)c1. The second-order valence-electron chi connectivity index (χ2n) is 10.3. The summed E-state index contributed by atoms with van der Waals surface area (Å²) < 4.78 is 15.8. The van der Waals surface area contributed by atoms with Crippen LogP contribution < -0.4 is 15.4 Å². The van der Waals surface area contributed by atoms with Gasteiger partial charge in [-0.1, -0.05) is 0 Å². The number of hydrogen-bond acceptors (Lipinski definition) is 5. The van der Waals surface area contributed by atoms with Crippen molar-refractivity contribution >= 4 is 22.4 Å². The molecule has 0 bridgehead atoms. The van der Waals surface area contributed by atoms with Crippen molar-refractivity contribution in [1.82, 2.24) is 9.55 Å². The standard InChI is InChI=1S/C28H32FN5O/c1-18-12-20(29)14-24(13-18)34(17-19-4-5-19)23-9-7-22(8-10-23)32(2)26-15-27(35)33(3)25-11-6-21(16-30)31-28(25)26/h6,11-15,19,22-23H,4-5,7-10,17H2,1-3H3. The first kappa shape index (κ1) is 23.3. The molecule has 0 amide bonds. The Morgan fingerprint density at radius 1 is 1.09 bits per heavy atom. The summed E-state index contributed by atoms with van der Waals surface area (Å²) in [6.07, 6.45) is 6.50. The van der Waals surface area contributed by atoms with Gasteiger partial charge in [-0.15, -0.1) is 0 Å². The lowest BCUT2D eigenvalue weighted by Crippen LogP contribution is -2.44. The van der Waals surface area contributed by atoms with Crippen LogP contribution in [-0.4, -0.2) is 35.2 Å². The van der Waals surface area contributed by atoms with Crippen LogP contribution in [0.25, 0.3) is 11.0 Å². The number of aryl methyl sites for hydroxylation is 2. The van der Waals surface area contributed by atoms with E-state index in [2.05, 4.69) is 26.9 Å². The first-order valence-corrected chi connectivity index (χ1v) is 12.5. The lowest BCUT2D eigenvalue weighted by Gasteiger charge is -2.41. The minimum absolute atomic E-state index is 0.0865. The van der Waals surface area contributed by atoms with Gasteiger partial charge in [-0.05, 0) is 87.3 Å². The fourth-order valence-electron chi connectivity index (χ4n) is 5.52. The molecule has 7 heteroatoms. The summed E-state index contributed by atoms with van der Waals surface area (Å²) in [5, 5.41) is 9.35. The van der Waals surface area contributed by atoms with Crippen LogP contribution in [0.4, 0.5) is 15.8 Å². The first-order chi connectivity index (χ1) is 16.8. The van der Waals surface area contributed by atoms with E-state index in [4.69, 9.17) is 0 Å². The molecule has 0 spiro atoms. The molecule has 2 heterocycles. The van der Waals surface area contributed by atoms with Gasteiger partial charge >= 0.3 is 0 Å². The molecule has 5 rings (SSSR count). The van der Waals surface area contributed by atoms with Gasteiger partial charge in [-0.3, -0.25) is 4.79 Å². The smallest absolute Gasteiger partial charge is 0.252 e. The normalized spacial score (nSPS) is 20.0. The molecule has 0 aliphatic heterocycles. The highest BCUT2D eigenvalue weighted by Gasteiger charge is 2.33. The van der Waals surface area contributed by atoms with Crippen LogP contribution in [0.5, 0.6) is 0 Å². The predicted molar refractivity (Wildman–Crippen MR) is 137 cm³/mol. The van der Waals surface area contributed by atoms with Gasteiger partial charge in [0.1, 0.15) is 23.1 Å². The van der Waals surface area contributed by atoms with E-state index in [1.54, 1.807) is 41.9 Å². The highest BCUT2D eigenvalue weighted by atomic mass is 19.1. The van der Waals surface area contributed by atoms with Gasteiger partial charge in [0.2, 0.25) is 0 Å². The maximum atomic E-state index is 14.2. The Kier molecular flexibility index (Phi) is 6.22. The number of nitriles is 1. The number of anilines is 2. The molecule has 1 aromatic carbocycles. The summed E-state index contributed by atoms with van der Waals surface area (Å²) in [5.74, 6) is 0.544. The van der Waals surface area contributed by atoms with E-state index in [1.807, 2.05) is 14.0 Å². The van der Waals surface area contributed by atoms with Crippen molar-refractivity contribution in [2.24, 2.45) is 13.0 Å². The van der Waals surface area contributed by atoms with Crippen LogP contribution in [0, 0.1) is 30.0 Å². The molecule has 182 valence electrons. The van der Waals surface area contributed by atoms with Crippen molar-refractivity contribution < 1.29 is 4.39 Å². The number of fused-ring (bicyclic) bond motifs is 1. The van der Waals surface area contributed by atoms with Crippen molar-refractivity contribution in [1.29, 1.82) is 5.26 Å². The van der Waals surface area contributed by atoms with Crippen LogP contribution in [0.3, 0.4) is 0 Å². The monoisotopic (exact) mass is 473 g/mol. The van der Waals surface area contributed by atoms with Crippen molar-refractivity contribution in [2.75, 3.05) is 23.4 Å². The van der Waals surface area contributed by atoms with Crippen LogP contribution in [0.2, 0.25) is 0 Å². The molecule has 0 unspecified atom stereocenters. The van der Waals surface area contributed by atoms with Gasteiger partial charge < -0.3 is 14.4 Å². The fraction of sp³-hybridized carbons (Fsp3) is 0.464. The molecule has 3 aromatic rings. The van der Waals surface area contributed by atoms with Crippen LogP contribution in [0.15, 0.2) is 41.2 Å². The Labute approximate surface area is 205 Å². The van der Waals surface area contributed by atoms with Gasteiger partial charge in [0.25, 0.3) is 5.56 Å². The van der Waals surface area contributed by atoms with Crippen molar-refractivity contribution in [3.05, 3.63) is 63.8 Å². The van der Waals surface area contributed by atoms with Crippen LogP contribution >= 0.6 is 0 Å². The molecule has 2 aromatic heterocycles. The summed E-state index contributed by atoms with van der Waals surface area (Å²) >= 11 is 0. The third kappa shape index (κ3) is 4.75. The van der Waals surface area contributed by atoms with Gasteiger partial charge in [0, 0.05) is 44.5 Å². The van der Waals surface area contributed by atoms with E-state index in [9.17, 15) is 14.4 Å². The number of rotatable bonds is 6. The van der Waals surface area contributed by atoms with Gasteiger partial charge in [-0.25, -0.2) is 9.37 Å². The van der Waals surface area contributed by atoms with E-state index in [0.717, 1.165) is 54.7 Å². The average Bonchev–Trinajstić information content (AvgIpc) is 3.68. The lowest BCUT2D eigenvalue weighted by atomic mass is 9.88. The molecule has 0 N–H and O–H groups in total. The zero-order valence-corrected chi connectivity index (χ0v) is 20.7. The number of aromatic nitrogens is 2. The summed E-state index contributed by atoms with van der Waals surface area (Å²) in [6, 6.07) is 13.2. The lowest BCUT2D eigenvalue weighted by molar-refractivity contribution is 0.365. The number of halogens is 1. The van der Waals surface area contributed by atoms with Gasteiger partial charge in [0.05, 0.1) is 11.2 Å². The molecule has 0 atom stereocenters. The second-order valence-corrected chi connectivity index (χ2v) is 10.3. The summed E-state index contributed by atoms with van der Waals surface area (Å²) in [5.41, 5.74) is 4.39. The molecule has 0 saturated heterocycles. The third-order valence-electron chi connectivity index (χ3n) is 7.73. The van der Waals surface area contributed by atoms with E-state index < -0.39 is 0 Å². The molecule has 0 radical (unpaired) electrons. The van der Waals surface area contributed by atoms with E-state index in [1.165, 1.54) is 12.8 Å². The summed E-state index contributed by atoms with van der Waals surface area (Å²) in [7, 11) is 3.76. The number of hydrogen-bond donors (Lipinski definition) is 0. The molecule has 35 heavy (non-hydrogen) atoms. The molecule has 2 aliphatic carbocycles. The quantitative estimate of drug-likeness (QED) is 0.509. The van der Waals surface area contributed by atoms with E-state index in [-0.39, 0.29) is 17.4 Å². The highest BCUT2D eigenvalue weighted by molar-refractivity contribution is 5.88. The van der Waals surface area contributed by atoms with E-state index in [0.29, 0.717) is 23.2 Å². The Morgan fingerprint density at radius 3 is 2.46 bits per heavy atom. The van der Waals surface area contributed by atoms with Crippen LogP contribution in [0.1, 0.15) is 49.8 Å². The number of pyridine rings is 2. The minimum atomic E-state index is -0.170. The third-order valence-corrected chi connectivity index (χ3v) is 7.73. The van der Waals surface area contributed by atoms with Crippen molar-refractivity contribution in [2.45, 2.75) is 57.5 Å². The van der Waals surface area contributed by atoms with Crippen LogP contribution in [-0.2, 0) is 7.05 Å². The summed E-state index contributed by atoms with van der Waals surface area (Å²) in [6.45, 7) is 2.95. The topological polar surface area (TPSA) is 65.2 Å². The fourth-order valence-corrected chi connectivity index (χ4v) is 5.52. The zero-order chi connectivity index (χ0) is 24.7. The highest BCUT2D eigenvalue weighted by Crippen LogP contribution is 2.37. The maximum absolute atomic E-state index is 14.2. The molecular weight excluding hydrogens is 441 g/mol. The Bertz CT molecular complexity index is 1330. The maximum Gasteiger partial charge on any atom is 0.252 e. The first-order valence-electron chi connectivity index (χ1n) is 12.5. The molecule has 2 aliphatic rings. The van der Waals surface area contributed by atoms with E-state index >= 15 is 0 Å². The summed E-state index contributed by atoms with van der Waals surface area (Å²) in [4.78, 5) is 21.8. The Balaban J connectivity index is 1.38. The molecule has 2 saturated carbocycles. The average molecular weight is 474 g/mol.